The molecule has 5 nitrogen and oxygen atoms in total. The van der Waals surface area contributed by atoms with Crippen molar-refractivity contribution in [3.05, 3.63) is 90.1 Å². The van der Waals surface area contributed by atoms with Crippen LogP contribution in [-0.2, 0) is 6.54 Å². The average Bonchev–Trinajstić information content (AvgIpc) is 2.76. The molecule has 1 N–H and O–H groups in total. The first-order chi connectivity index (χ1) is 13.8. The standard InChI is InChI=1S/C23H24N4O/c28-23(20-9-5-2-6-10-20)25-22-12-11-21(17-24-22)27-15-13-26(14-16-27)18-19-7-3-1-4-8-19/h1-12,17H,13-16,18H2,(H,24,25,28). The number of anilines is 2. The average molecular weight is 372 g/mol. The Labute approximate surface area is 165 Å². The lowest BCUT2D eigenvalue weighted by Gasteiger charge is -2.36. The van der Waals surface area contributed by atoms with Crippen molar-refractivity contribution >= 4 is 17.4 Å². The Kier molecular flexibility index (Phi) is 5.64. The van der Waals surface area contributed by atoms with Crippen LogP contribution in [-0.4, -0.2) is 42.0 Å². The van der Waals surface area contributed by atoms with Crippen molar-refractivity contribution in [1.29, 1.82) is 0 Å². The van der Waals surface area contributed by atoms with Gasteiger partial charge in [0.1, 0.15) is 5.82 Å². The molecule has 0 radical (unpaired) electrons. The van der Waals surface area contributed by atoms with Gasteiger partial charge in [-0.3, -0.25) is 9.69 Å². The van der Waals surface area contributed by atoms with Gasteiger partial charge >= 0.3 is 0 Å². The Balaban J connectivity index is 1.30. The maximum atomic E-state index is 12.2. The van der Waals surface area contributed by atoms with E-state index in [1.807, 2.05) is 36.5 Å². The van der Waals surface area contributed by atoms with Crippen molar-refractivity contribution in [2.75, 3.05) is 36.4 Å². The van der Waals surface area contributed by atoms with E-state index in [0.717, 1.165) is 38.4 Å². The van der Waals surface area contributed by atoms with E-state index in [9.17, 15) is 4.79 Å². The van der Waals surface area contributed by atoms with Crippen molar-refractivity contribution in [3.8, 4) is 0 Å². The quantitative estimate of drug-likeness (QED) is 0.743. The second kappa shape index (κ2) is 8.67. The summed E-state index contributed by atoms with van der Waals surface area (Å²) >= 11 is 0. The van der Waals surface area contributed by atoms with Gasteiger partial charge in [-0.2, -0.15) is 0 Å². The Bertz CT molecular complexity index is 889. The fourth-order valence-corrected chi connectivity index (χ4v) is 3.43. The van der Waals surface area contributed by atoms with E-state index in [4.69, 9.17) is 0 Å². The molecule has 1 amide bonds. The van der Waals surface area contributed by atoms with E-state index in [1.165, 1.54) is 5.56 Å². The molecule has 142 valence electrons. The molecule has 4 rings (SSSR count). The van der Waals surface area contributed by atoms with Gasteiger partial charge in [0.25, 0.3) is 5.91 Å². The fourth-order valence-electron chi connectivity index (χ4n) is 3.43. The Morgan fingerprint density at radius 3 is 2.18 bits per heavy atom. The minimum atomic E-state index is -0.143. The highest BCUT2D eigenvalue weighted by molar-refractivity contribution is 6.03. The van der Waals surface area contributed by atoms with Crippen LogP contribution in [0.3, 0.4) is 0 Å². The van der Waals surface area contributed by atoms with Crippen LogP contribution in [0.15, 0.2) is 79.0 Å². The molecule has 1 aliphatic rings. The minimum absolute atomic E-state index is 0.143. The van der Waals surface area contributed by atoms with E-state index in [2.05, 4.69) is 50.4 Å². The van der Waals surface area contributed by atoms with Crippen LogP contribution in [0.2, 0.25) is 0 Å². The number of rotatable bonds is 5. The number of nitrogens with zero attached hydrogens (tertiary/aromatic N) is 3. The SMILES string of the molecule is O=C(Nc1ccc(N2CCN(Cc3ccccc3)CC2)cn1)c1ccccc1. The van der Waals surface area contributed by atoms with Gasteiger partial charge in [-0.25, -0.2) is 4.98 Å². The topological polar surface area (TPSA) is 48.5 Å². The molecule has 2 heterocycles. The summed E-state index contributed by atoms with van der Waals surface area (Å²) in [5.41, 5.74) is 3.08. The predicted octanol–water partition coefficient (Wildman–Crippen LogP) is 3.66. The molecule has 1 fully saturated rings. The van der Waals surface area contributed by atoms with Crippen molar-refractivity contribution < 1.29 is 4.79 Å². The molecule has 3 aromatic rings. The second-order valence-corrected chi connectivity index (χ2v) is 6.97. The maximum absolute atomic E-state index is 12.2. The third-order valence-corrected chi connectivity index (χ3v) is 5.01. The van der Waals surface area contributed by atoms with E-state index >= 15 is 0 Å². The molecular formula is C23H24N4O. The number of amides is 1. The first-order valence-electron chi connectivity index (χ1n) is 9.61. The Morgan fingerprint density at radius 2 is 1.54 bits per heavy atom. The van der Waals surface area contributed by atoms with Gasteiger partial charge < -0.3 is 10.2 Å². The molecule has 0 saturated carbocycles. The third kappa shape index (κ3) is 4.56. The molecule has 1 saturated heterocycles. The molecule has 5 heteroatoms. The summed E-state index contributed by atoms with van der Waals surface area (Å²) in [5.74, 6) is 0.427. The summed E-state index contributed by atoms with van der Waals surface area (Å²) in [6.45, 7) is 5.01. The zero-order valence-corrected chi connectivity index (χ0v) is 15.8. The van der Waals surface area contributed by atoms with Gasteiger partial charge in [-0.1, -0.05) is 48.5 Å². The third-order valence-electron chi connectivity index (χ3n) is 5.01. The van der Waals surface area contributed by atoms with Crippen LogP contribution in [0.1, 0.15) is 15.9 Å². The fraction of sp³-hybridized carbons (Fsp3) is 0.217. The lowest BCUT2D eigenvalue weighted by Crippen LogP contribution is -2.46. The highest BCUT2D eigenvalue weighted by atomic mass is 16.1. The number of benzene rings is 2. The van der Waals surface area contributed by atoms with Crippen LogP contribution in [0.25, 0.3) is 0 Å². The zero-order valence-electron chi connectivity index (χ0n) is 15.8. The van der Waals surface area contributed by atoms with Crippen LogP contribution in [0, 0.1) is 0 Å². The summed E-state index contributed by atoms with van der Waals surface area (Å²) in [5, 5.41) is 2.85. The first kappa shape index (κ1) is 18.2. The number of piperazine rings is 1. The molecule has 1 aromatic heterocycles. The molecule has 0 bridgehead atoms. The van der Waals surface area contributed by atoms with Crippen molar-refractivity contribution in [1.82, 2.24) is 9.88 Å². The molecule has 28 heavy (non-hydrogen) atoms. The molecule has 2 aromatic carbocycles. The van der Waals surface area contributed by atoms with Crippen molar-refractivity contribution in [3.63, 3.8) is 0 Å². The number of carbonyl (C=O) groups excluding carboxylic acids is 1. The summed E-state index contributed by atoms with van der Waals surface area (Å²) in [4.78, 5) is 21.5. The summed E-state index contributed by atoms with van der Waals surface area (Å²) < 4.78 is 0. The highest BCUT2D eigenvalue weighted by Crippen LogP contribution is 2.18. The van der Waals surface area contributed by atoms with Gasteiger partial charge in [0.05, 0.1) is 11.9 Å². The maximum Gasteiger partial charge on any atom is 0.256 e. The molecule has 0 spiro atoms. The highest BCUT2D eigenvalue weighted by Gasteiger charge is 2.17. The number of nitrogens with one attached hydrogen (secondary N) is 1. The zero-order chi connectivity index (χ0) is 19.2. The minimum Gasteiger partial charge on any atom is -0.368 e. The summed E-state index contributed by atoms with van der Waals surface area (Å²) in [6, 6.07) is 23.7. The molecular weight excluding hydrogens is 348 g/mol. The van der Waals surface area contributed by atoms with Gasteiger partial charge in [-0.15, -0.1) is 0 Å². The Morgan fingerprint density at radius 1 is 0.857 bits per heavy atom. The van der Waals surface area contributed by atoms with E-state index in [1.54, 1.807) is 12.1 Å². The molecule has 1 aliphatic heterocycles. The van der Waals surface area contributed by atoms with Crippen LogP contribution >= 0.6 is 0 Å². The lowest BCUT2D eigenvalue weighted by molar-refractivity contribution is 0.102. The molecule has 0 aliphatic carbocycles. The van der Waals surface area contributed by atoms with Gasteiger partial charge in [0, 0.05) is 38.3 Å². The monoisotopic (exact) mass is 372 g/mol. The van der Waals surface area contributed by atoms with Gasteiger partial charge in [0.2, 0.25) is 0 Å². The van der Waals surface area contributed by atoms with E-state index < -0.39 is 0 Å². The normalized spacial score (nSPS) is 14.6. The van der Waals surface area contributed by atoms with Crippen LogP contribution in [0.5, 0.6) is 0 Å². The van der Waals surface area contributed by atoms with Crippen LogP contribution < -0.4 is 10.2 Å². The number of pyridine rings is 1. The number of hydrogen-bond donors (Lipinski definition) is 1. The van der Waals surface area contributed by atoms with Gasteiger partial charge in [-0.05, 0) is 29.8 Å². The predicted molar refractivity (Wildman–Crippen MR) is 113 cm³/mol. The van der Waals surface area contributed by atoms with Crippen molar-refractivity contribution in [2.24, 2.45) is 0 Å². The Hall–Kier alpha value is -3.18. The van der Waals surface area contributed by atoms with Gasteiger partial charge in [0.15, 0.2) is 0 Å². The number of hydrogen-bond acceptors (Lipinski definition) is 4. The van der Waals surface area contributed by atoms with Crippen LogP contribution in [0.4, 0.5) is 11.5 Å². The number of aromatic nitrogens is 1. The van der Waals surface area contributed by atoms with E-state index in [-0.39, 0.29) is 5.91 Å². The largest absolute Gasteiger partial charge is 0.368 e. The summed E-state index contributed by atoms with van der Waals surface area (Å²) in [6.07, 6.45) is 1.84. The first-order valence-corrected chi connectivity index (χ1v) is 9.61. The van der Waals surface area contributed by atoms with Crippen molar-refractivity contribution in [2.45, 2.75) is 6.54 Å². The smallest absolute Gasteiger partial charge is 0.256 e. The summed E-state index contributed by atoms with van der Waals surface area (Å²) in [7, 11) is 0. The molecule has 0 atom stereocenters. The lowest BCUT2D eigenvalue weighted by atomic mass is 10.2. The molecule has 0 unspecified atom stereocenters. The second-order valence-electron chi connectivity index (χ2n) is 6.97. The van der Waals surface area contributed by atoms with E-state index in [0.29, 0.717) is 11.4 Å². The number of carbonyl (C=O) groups is 1.